The van der Waals surface area contributed by atoms with Gasteiger partial charge >= 0.3 is 0 Å². The standard InChI is InChI=1S/C20H22F2N2O2/c1-13(2)18(24-19(25)15-6-8-16(21)9-7-15)20(26)23-11-10-14-4-3-5-17(22)12-14/h3-9,12-13,18H,10-11H2,1-2H3,(H,23,26)(H,24,25). The van der Waals surface area contributed by atoms with Crippen molar-refractivity contribution in [1.82, 2.24) is 10.6 Å². The second-order valence-electron chi connectivity index (χ2n) is 6.37. The average Bonchev–Trinajstić information content (AvgIpc) is 2.59. The van der Waals surface area contributed by atoms with E-state index in [2.05, 4.69) is 10.6 Å². The summed E-state index contributed by atoms with van der Waals surface area (Å²) >= 11 is 0. The maximum absolute atomic E-state index is 13.2. The fraction of sp³-hybridized carbons (Fsp3) is 0.300. The molecule has 0 saturated carbocycles. The number of amides is 2. The molecule has 1 unspecified atom stereocenters. The molecule has 1 atom stereocenters. The van der Waals surface area contributed by atoms with Crippen molar-refractivity contribution in [3.63, 3.8) is 0 Å². The van der Waals surface area contributed by atoms with Crippen molar-refractivity contribution in [2.24, 2.45) is 5.92 Å². The van der Waals surface area contributed by atoms with Crippen molar-refractivity contribution >= 4 is 11.8 Å². The quantitative estimate of drug-likeness (QED) is 0.797. The highest BCUT2D eigenvalue weighted by atomic mass is 19.1. The second kappa shape index (κ2) is 9.08. The number of hydrogen-bond donors (Lipinski definition) is 2. The highest BCUT2D eigenvalue weighted by Crippen LogP contribution is 2.07. The second-order valence-corrected chi connectivity index (χ2v) is 6.37. The van der Waals surface area contributed by atoms with E-state index in [-0.39, 0.29) is 23.2 Å². The van der Waals surface area contributed by atoms with Crippen molar-refractivity contribution in [2.75, 3.05) is 6.54 Å². The lowest BCUT2D eigenvalue weighted by atomic mass is 10.0. The minimum Gasteiger partial charge on any atom is -0.354 e. The van der Waals surface area contributed by atoms with Crippen molar-refractivity contribution in [2.45, 2.75) is 26.3 Å². The molecule has 138 valence electrons. The Hall–Kier alpha value is -2.76. The molecular weight excluding hydrogens is 338 g/mol. The molecule has 26 heavy (non-hydrogen) atoms. The lowest BCUT2D eigenvalue weighted by Gasteiger charge is -2.21. The van der Waals surface area contributed by atoms with E-state index in [0.29, 0.717) is 13.0 Å². The summed E-state index contributed by atoms with van der Waals surface area (Å²) in [6.45, 7) is 3.97. The van der Waals surface area contributed by atoms with Gasteiger partial charge in [0.15, 0.2) is 0 Å². The molecule has 0 aliphatic carbocycles. The SMILES string of the molecule is CC(C)C(NC(=O)c1ccc(F)cc1)C(=O)NCCc1cccc(F)c1. The molecule has 2 aromatic carbocycles. The van der Waals surface area contributed by atoms with Gasteiger partial charge in [-0.05, 0) is 54.3 Å². The van der Waals surface area contributed by atoms with Crippen LogP contribution in [0.5, 0.6) is 0 Å². The van der Waals surface area contributed by atoms with Crippen molar-refractivity contribution in [3.8, 4) is 0 Å². The Morgan fingerprint density at radius 3 is 2.31 bits per heavy atom. The van der Waals surface area contributed by atoms with Crippen LogP contribution in [0.2, 0.25) is 0 Å². The zero-order valence-electron chi connectivity index (χ0n) is 14.8. The summed E-state index contributed by atoms with van der Waals surface area (Å²) in [6, 6.07) is 10.6. The molecule has 0 fully saturated rings. The van der Waals surface area contributed by atoms with E-state index >= 15 is 0 Å². The maximum atomic E-state index is 13.2. The van der Waals surface area contributed by atoms with Gasteiger partial charge in [-0.2, -0.15) is 0 Å². The van der Waals surface area contributed by atoms with E-state index in [9.17, 15) is 18.4 Å². The average molecular weight is 360 g/mol. The number of nitrogens with one attached hydrogen (secondary N) is 2. The Labute approximate surface area is 151 Å². The fourth-order valence-electron chi connectivity index (χ4n) is 2.49. The van der Waals surface area contributed by atoms with E-state index in [0.717, 1.165) is 5.56 Å². The molecule has 0 aliphatic heterocycles. The van der Waals surface area contributed by atoms with Gasteiger partial charge in [0.1, 0.15) is 17.7 Å². The smallest absolute Gasteiger partial charge is 0.251 e. The number of halogens is 2. The largest absolute Gasteiger partial charge is 0.354 e. The molecule has 6 heteroatoms. The third kappa shape index (κ3) is 5.65. The molecule has 2 N–H and O–H groups in total. The Balaban J connectivity index is 1.92. The van der Waals surface area contributed by atoms with Crippen molar-refractivity contribution in [3.05, 3.63) is 71.3 Å². The van der Waals surface area contributed by atoms with Crippen molar-refractivity contribution < 1.29 is 18.4 Å². The number of hydrogen-bond acceptors (Lipinski definition) is 2. The zero-order valence-corrected chi connectivity index (χ0v) is 14.8. The monoisotopic (exact) mass is 360 g/mol. The summed E-state index contributed by atoms with van der Waals surface area (Å²) in [4.78, 5) is 24.7. The van der Waals surface area contributed by atoms with Gasteiger partial charge in [0.2, 0.25) is 5.91 Å². The molecule has 0 radical (unpaired) electrons. The van der Waals surface area contributed by atoms with Crippen LogP contribution < -0.4 is 10.6 Å². The Bertz CT molecular complexity index is 761. The van der Waals surface area contributed by atoms with Crippen LogP contribution in [0.4, 0.5) is 8.78 Å². The van der Waals surface area contributed by atoms with Gasteiger partial charge in [-0.3, -0.25) is 9.59 Å². The van der Waals surface area contributed by atoms with Crippen LogP contribution in [0.3, 0.4) is 0 Å². The molecule has 4 nitrogen and oxygen atoms in total. The van der Waals surface area contributed by atoms with E-state index in [1.165, 1.54) is 36.4 Å². The van der Waals surface area contributed by atoms with Gasteiger partial charge < -0.3 is 10.6 Å². The zero-order chi connectivity index (χ0) is 19.1. The Morgan fingerprint density at radius 2 is 1.69 bits per heavy atom. The van der Waals surface area contributed by atoms with Crippen molar-refractivity contribution in [1.29, 1.82) is 0 Å². The molecule has 2 amide bonds. The van der Waals surface area contributed by atoms with E-state index in [1.807, 2.05) is 13.8 Å². The third-order valence-corrected chi connectivity index (χ3v) is 3.94. The molecule has 2 aromatic rings. The van der Waals surface area contributed by atoms with E-state index < -0.39 is 17.8 Å². The van der Waals surface area contributed by atoms with Gasteiger partial charge in [-0.15, -0.1) is 0 Å². The minimum atomic E-state index is -0.722. The normalized spacial score (nSPS) is 11.9. The van der Waals surface area contributed by atoms with Gasteiger partial charge in [0, 0.05) is 12.1 Å². The number of benzene rings is 2. The highest BCUT2D eigenvalue weighted by Gasteiger charge is 2.24. The summed E-state index contributed by atoms with van der Waals surface area (Å²) < 4.78 is 26.1. The van der Waals surface area contributed by atoms with Gasteiger partial charge in [-0.25, -0.2) is 8.78 Å². The van der Waals surface area contributed by atoms with Gasteiger partial charge in [0.25, 0.3) is 5.91 Å². The summed E-state index contributed by atoms with van der Waals surface area (Å²) in [5, 5.41) is 5.44. The molecule has 0 heterocycles. The first-order chi connectivity index (χ1) is 12.4. The number of carbonyl (C=O) groups is 2. The van der Waals surface area contributed by atoms with E-state index in [4.69, 9.17) is 0 Å². The van der Waals surface area contributed by atoms with Crippen LogP contribution in [0, 0.1) is 17.6 Å². The van der Waals surface area contributed by atoms with Crippen LogP contribution in [-0.2, 0) is 11.2 Å². The highest BCUT2D eigenvalue weighted by molar-refractivity contribution is 5.97. The number of carbonyl (C=O) groups excluding carboxylic acids is 2. The van der Waals surface area contributed by atoms with Crippen LogP contribution in [0.25, 0.3) is 0 Å². The molecule has 0 spiro atoms. The van der Waals surface area contributed by atoms with Crippen LogP contribution in [-0.4, -0.2) is 24.4 Å². The lowest BCUT2D eigenvalue weighted by molar-refractivity contribution is -0.123. The summed E-state index contributed by atoms with van der Waals surface area (Å²) in [6.07, 6.45) is 0.486. The summed E-state index contributed by atoms with van der Waals surface area (Å²) in [5.41, 5.74) is 1.06. The number of rotatable bonds is 7. The first-order valence-electron chi connectivity index (χ1n) is 8.45. The van der Waals surface area contributed by atoms with Gasteiger partial charge in [-0.1, -0.05) is 26.0 Å². The fourth-order valence-corrected chi connectivity index (χ4v) is 2.49. The molecule has 2 rings (SSSR count). The Kier molecular flexibility index (Phi) is 6.83. The maximum Gasteiger partial charge on any atom is 0.251 e. The van der Waals surface area contributed by atoms with Gasteiger partial charge in [0.05, 0.1) is 0 Å². The lowest BCUT2D eigenvalue weighted by Crippen LogP contribution is -2.50. The minimum absolute atomic E-state index is 0.131. The molecule has 0 saturated heterocycles. The predicted molar refractivity (Wildman–Crippen MR) is 95.6 cm³/mol. The summed E-state index contributed by atoms with van der Waals surface area (Å²) in [5.74, 6) is -1.64. The van der Waals surface area contributed by atoms with Crippen LogP contribution in [0.15, 0.2) is 48.5 Å². The van der Waals surface area contributed by atoms with Crippen LogP contribution >= 0.6 is 0 Å². The first-order valence-corrected chi connectivity index (χ1v) is 8.45. The Morgan fingerprint density at radius 1 is 1.00 bits per heavy atom. The first kappa shape index (κ1) is 19.6. The molecular formula is C20H22F2N2O2. The summed E-state index contributed by atoms with van der Waals surface area (Å²) in [7, 11) is 0. The van der Waals surface area contributed by atoms with Crippen LogP contribution in [0.1, 0.15) is 29.8 Å². The van der Waals surface area contributed by atoms with E-state index in [1.54, 1.807) is 12.1 Å². The predicted octanol–water partition coefficient (Wildman–Crippen LogP) is 3.08. The molecule has 0 aromatic heterocycles. The molecule has 0 bridgehead atoms. The topological polar surface area (TPSA) is 58.2 Å². The molecule has 0 aliphatic rings. The third-order valence-electron chi connectivity index (χ3n) is 3.94.